The molecule has 0 bridgehead atoms. The second-order valence-electron chi connectivity index (χ2n) is 3.74. The van der Waals surface area contributed by atoms with Crippen molar-refractivity contribution in [2.24, 2.45) is 0 Å². The SMILES string of the molecule is Nc1ncc(Br)c(Nc2cc(C(F)(F)F)ccc2Br)n1. The minimum Gasteiger partial charge on any atom is -0.368 e. The molecule has 0 radical (unpaired) electrons. The number of nitrogen functional groups attached to an aromatic ring is 1. The normalized spacial score (nSPS) is 11.4. The van der Waals surface area contributed by atoms with E-state index in [9.17, 15) is 13.2 Å². The predicted octanol–water partition coefficient (Wildman–Crippen LogP) is 4.35. The summed E-state index contributed by atoms with van der Waals surface area (Å²) in [6.45, 7) is 0. The molecular formula is C11H7Br2F3N4. The van der Waals surface area contributed by atoms with Gasteiger partial charge in [0.1, 0.15) is 5.82 Å². The number of halogens is 5. The van der Waals surface area contributed by atoms with Crippen LogP contribution < -0.4 is 11.1 Å². The lowest BCUT2D eigenvalue weighted by Crippen LogP contribution is -2.06. The Bertz CT molecular complexity index is 646. The van der Waals surface area contributed by atoms with Gasteiger partial charge < -0.3 is 11.1 Å². The van der Waals surface area contributed by atoms with Crippen LogP contribution in [0.15, 0.2) is 33.3 Å². The van der Waals surface area contributed by atoms with Crippen LogP contribution in [0.3, 0.4) is 0 Å². The monoisotopic (exact) mass is 410 g/mol. The van der Waals surface area contributed by atoms with E-state index in [0.29, 0.717) is 8.95 Å². The molecule has 0 fully saturated rings. The molecule has 0 aliphatic rings. The Morgan fingerprint density at radius 3 is 2.50 bits per heavy atom. The van der Waals surface area contributed by atoms with E-state index in [4.69, 9.17) is 5.73 Å². The summed E-state index contributed by atoms with van der Waals surface area (Å²) in [6, 6.07) is 3.27. The molecule has 0 aliphatic heterocycles. The molecule has 20 heavy (non-hydrogen) atoms. The minimum atomic E-state index is -4.42. The summed E-state index contributed by atoms with van der Waals surface area (Å²) in [5.74, 6) is 0.288. The van der Waals surface area contributed by atoms with E-state index in [1.165, 1.54) is 12.3 Å². The van der Waals surface area contributed by atoms with Crippen LogP contribution in [0.2, 0.25) is 0 Å². The van der Waals surface area contributed by atoms with Crippen molar-refractivity contribution in [2.45, 2.75) is 6.18 Å². The lowest BCUT2D eigenvalue weighted by Gasteiger charge is -2.13. The fourth-order valence-electron chi connectivity index (χ4n) is 1.39. The molecule has 1 aromatic heterocycles. The lowest BCUT2D eigenvalue weighted by atomic mass is 10.2. The van der Waals surface area contributed by atoms with Gasteiger partial charge in [-0.2, -0.15) is 18.2 Å². The van der Waals surface area contributed by atoms with E-state index in [2.05, 4.69) is 47.1 Å². The van der Waals surface area contributed by atoms with Gasteiger partial charge in [0, 0.05) is 10.7 Å². The zero-order valence-electron chi connectivity index (χ0n) is 9.67. The van der Waals surface area contributed by atoms with Crippen molar-refractivity contribution in [3.05, 3.63) is 38.9 Å². The Balaban J connectivity index is 2.40. The Morgan fingerprint density at radius 2 is 1.85 bits per heavy atom. The third-order valence-corrected chi connectivity index (χ3v) is 3.58. The van der Waals surface area contributed by atoms with Gasteiger partial charge in [-0.3, -0.25) is 0 Å². The van der Waals surface area contributed by atoms with Crippen molar-refractivity contribution in [1.82, 2.24) is 9.97 Å². The number of benzene rings is 1. The van der Waals surface area contributed by atoms with Crippen LogP contribution in [-0.4, -0.2) is 9.97 Å². The Morgan fingerprint density at radius 1 is 1.15 bits per heavy atom. The molecule has 3 N–H and O–H groups in total. The summed E-state index contributed by atoms with van der Waals surface area (Å²) in [5, 5.41) is 2.77. The first kappa shape index (κ1) is 15.0. The van der Waals surface area contributed by atoms with Crippen molar-refractivity contribution in [3.8, 4) is 0 Å². The maximum atomic E-state index is 12.7. The molecule has 0 unspecified atom stereocenters. The van der Waals surface area contributed by atoms with Gasteiger partial charge in [0.25, 0.3) is 0 Å². The Hall–Kier alpha value is -1.35. The van der Waals surface area contributed by atoms with E-state index in [1.807, 2.05) is 0 Å². The first-order chi connectivity index (χ1) is 9.27. The van der Waals surface area contributed by atoms with Crippen LogP contribution in [0, 0.1) is 0 Å². The number of nitrogens with zero attached hydrogens (tertiary/aromatic N) is 2. The summed E-state index contributed by atoms with van der Waals surface area (Å²) < 4.78 is 39.0. The molecule has 0 amide bonds. The number of anilines is 3. The number of hydrogen-bond acceptors (Lipinski definition) is 4. The Labute approximate surface area is 128 Å². The minimum absolute atomic E-state index is 0.0128. The smallest absolute Gasteiger partial charge is 0.368 e. The van der Waals surface area contributed by atoms with Gasteiger partial charge in [-0.15, -0.1) is 0 Å². The zero-order valence-corrected chi connectivity index (χ0v) is 12.8. The van der Waals surface area contributed by atoms with E-state index < -0.39 is 11.7 Å². The molecule has 0 spiro atoms. The zero-order chi connectivity index (χ0) is 14.9. The van der Waals surface area contributed by atoms with Crippen LogP contribution in [-0.2, 0) is 6.18 Å². The predicted molar refractivity (Wildman–Crippen MR) is 76.6 cm³/mol. The molecule has 0 aliphatic carbocycles. The number of nitrogens with two attached hydrogens (primary N) is 1. The molecule has 9 heteroatoms. The van der Waals surface area contributed by atoms with Gasteiger partial charge in [0.2, 0.25) is 5.95 Å². The maximum Gasteiger partial charge on any atom is 0.416 e. The summed E-state index contributed by atoms with van der Waals surface area (Å²) in [4.78, 5) is 7.66. The quantitative estimate of drug-likeness (QED) is 0.771. The highest BCUT2D eigenvalue weighted by Crippen LogP contribution is 2.35. The molecule has 0 saturated heterocycles. The summed E-state index contributed by atoms with van der Waals surface area (Å²) >= 11 is 6.37. The maximum absolute atomic E-state index is 12.7. The first-order valence-electron chi connectivity index (χ1n) is 5.19. The van der Waals surface area contributed by atoms with E-state index >= 15 is 0 Å². The lowest BCUT2D eigenvalue weighted by molar-refractivity contribution is -0.137. The second-order valence-corrected chi connectivity index (χ2v) is 5.45. The van der Waals surface area contributed by atoms with E-state index in [1.54, 1.807) is 0 Å². The van der Waals surface area contributed by atoms with Gasteiger partial charge >= 0.3 is 6.18 Å². The molecule has 106 valence electrons. The molecule has 2 rings (SSSR count). The van der Waals surface area contributed by atoms with E-state index in [-0.39, 0.29) is 17.5 Å². The fourth-order valence-corrected chi connectivity index (χ4v) is 2.03. The number of alkyl halides is 3. The molecule has 1 aromatic carbocycles. The van der Waals surface area contributed by atoms with Crippen LogP contribution in [0.1, 0.15) is 5.56 Å². The van der Waals surface area contributed by atoms with Crippen molar-refractivity contribution < 1.29 is 13.2 Å². The third kappa shape index (κ3) is 3.40. The van der Waals surface area contributed by atoms with Gasteiger partial charge in [-0.25, -0.2) is 4.98 Å². The van der Waals surface area contributed by atoms with Gasteiger partial charge in [-0.05, 0) is 50.1 Å². The van der Waals surface area contributed by atoms with Crippen LogP contribution in [0.4, 0.5) is 30.6 Å². The van der Waals surface area contributed by atoms with Gasteiger partial charge in [0.15, 0.2) is 0 Å². The highest BCUT2D eigenvalue weighted by molar-refractivity contribution is 9.11. The molecule has 4 nitrogen and oxygen atoms in total. The van der Waals surface area contributed by atoms with Crippen molar-refractivity contribution >= 4 is 49.3 Å². The number of nitrogens with one attached hydrogen (secondary N) is 1. The number of rotatable bonds is 2. The highest BCUT2D eigenvalue weighted by atomic mass is 79.9. The van der Waals surface area contributed by atoms with Crippen LogP contribution in [0.5, 0.6) is 0 Å². The van der Waals surface area contributed by atoms with Gasteiger partial charge in [0.05, 0.1) is 15.7 Å². The van der Waals surface area contributed by atoms with Crippen LogP contribution in [0.25, 0.3) is 0 Å². The van der Waals surface area contributed by atoms with Crippen LogP contribution >= 0.6 is 31.9 Å². The van der Waals surface area contributed by atoms with Crippen molar-refractivity contribution in [3.63, 3.8) is 0 Å². The topological polar surface area (TPSA) is 63.8 Å². The molecule has 1 heterocycles. The average Bonchev–Trinajstić information content (AvgIpc) is 2.35. The molecule has 2 aromatic rings. The first-order valence-corrected chi connectivity index (χ1v) is 6.78. The van der Waals surface area contributed by atoms with Gasteiger partial charge in [-0.1, -0.05) is 0 Å². The molecular weight excluding hydrogens is 405 g/mol. The highest BCUT2D eigenvalue weighted by Gasteiger charge is 2.31. The van der Waals surface area contributed by atoms with Crippen molar-refractivity contribution in [1.29, 1.82) is 0 Å². The summed E-state index contributed by atoms with van der Waals surface area (Å²) in [5.41, 5.74) is 4.90. The number of hydrogen-bond donors (Lipinski definition) is 2. The number of aromatic nitrogens is 2. The van der Waals surface area contributed by atoms with E-state index in [0.717, 1.165) is 12.1 Å². The standard InChI is InChI=1S/C11H7Br2F3N4/c12-6-2-1-5(11(14,15)16)3-8(6)19-9-7(13)4-18-10(17)20-9/h1-4H,(H3,17,18,19,20). The third-order valence-electron chi connectivity index (χ3n) is 2.31. The largest absolute Gasteiger partial charge is 0.416 e. The summed E-state index contributed by atoms with van der Waals surface area (Å²) in [7, 11) is 0. The summed E-state index contributed by atoms with van der Waals surface area (Å²) in [6.07, 6.45) is -3.01. The molecule has 0 saturated carbocycles. The second kappa shape index (κ2) is 5.57. The molecule has 0 atom stereocenters. The van der Waals surface area contributed by atoms with Crippen molar-refractivity contribution in [2.75, 3.05) is 11.1 Å². The Kier molecular flexibility index (Phi) is 4.19. The fraction of sp³-hybridized carbons (Fsp3) is 0.0909. The average molecular weight is 412 g/mol.